The third-order valence-corrected chi connectivity index (χ3v) is 1.58. The van der Waals surface area contributed by atoms with Crippen molar-refractivity contribution in [3.63, 3.8) is 0 Å². The van der Waals surface area contributed by atoms with E-state index < -0.39 is 0 Å². The second-order valence-corrected chi connectivity index (χ2v) is 2.57. The molecule has 0 aliphatic rings. The quantitative estimate of drug-likeness (QED) is 0.696. The smallest absolute Gasteiger partial charge is 0.201 e. The van der Waals surface area contributed by atoms with Crippen molar-refractivity contribution in [3.05, 3.63) is 46.1 Å². The molecule has 3 N–H and O–H groups in total. The number of hydrogen-bond acceptors (Lipinski definition) is 3. The predicted molar refractivity (Wildman–Crippen MR) is 53.2 cm³/mol. The Hall–Kier alpha value is -1.61. The van der Waals surface area contributed by atoms with Gasteiger partial charge in [-0.05, 0) is 17.7 Å². The van der Waals surface area contributed by atoms with E-state index in [1.54, 1.807) is 30.4 Å². The average molecular weight is 177 g/mol. The third-order valence-electron chi connectivity index (χ3n) is 1.58. The average Bonchev–Trinajstić information content (AvgIpc) is 2.29. The highest BCUT2D eigenvalue weighted by atomic mass is 16.2. The molecule has 1 aromatic carbocycles. The SMILES string of the molecule is Nc1ccc(/C=C/CO)ccc1=O. The molecular weight excluding hydrogens is 166 g/mol. The molecule has 0 radical (unpaired) electrons. The van der Waals surface area contributed by atoms with Crippen LogP contribution in [-0.4, -0.2) is 11.7 Å². The summed E-state index contributed by atoms with van der Waals surface area (Å²) in [5, 5.41) is 8.53. The molecule has 0 aliphatic carbocycles. The van der Waals surface area contributed by atoms with Gasteiger partial charge in [-0.25, -0.2) is 0 Å². The summed E-state index contributed by atoms with van der Waals surface area (Å²) in [5.41, 5.74) is 6.28. The Morgan fingerprint density at radius 3 is 2.69 bits per heavy atom. The highest BCUT2D eigenvalue weighted by Gasteiger charge is 1.89. The molecule has 0 atom stereocenters. The molecule has 0 saturated heterocycles. The minimum absolute atomic E-state index is 0.0156. The molecule has 3 nitrogen and oxygen atoms in total. The highest BCUT2D eigenvalue weighted by Crippen LogP contribution is 2.00. The Morgan fingerprint density at radius 1 is 1.31 bits per heavy atom. The van der Waals surface area contributed by atoms with Crippen LogP contribution in [0.25, 0.3) is 6.08 Å². The summed E-state index contributed by atoms with van der Waals surface area (Å²) in [6.07, 6.45) is 3.31. The molecule has 0 heterocycles. The van der Waals surface area contributed by atoms with Gasteiger partial charge in [0.05, 0.1) is 12.3 Å². The lowest BCUT2D eigenvalue weighted by Gasteiger charge is -1.83. The minimum Gasteiger partial charge on any atom is -0.396 e. The molecule has 0 bridgehead atoms. The normalized spacial score (nSPS) is 10.5. The van der Waals surface area contributed by atoms with Gasteiger partial charge < -0.3 is 10.8 Å². The van der Waals surface area contributed by atoms with Crippen LogP contribution in [0, 0.1) is 0 Å². The van der Waals surface area contributed by atoms with Crippen LogP contribution in [0.3, 0.4) is 0 Å². The van der Waals surface area contributed by atoms with Gasteiger partial charge in [0, 0.05) is 0 Å². The molecule has 0 amide bonds. The maximum absolute atomic E-state index is 11.0. The molecule has 0 spiro atoms. The van der Waals surface area contributed by atoms with E-state index in [9.17, 15) is 4.79 Å². The molecule has 0 fully saturated rings. The summed E-state index contributed by atoms with van der Waals surface area (Å²) in [6.45, 7) is -0.0156. The van der Waals surface area contributed by atoms with Gasteiger partial charge >= 0.3 is 0 Å². The van der Waals surface area contributed by atoms with E-state index in [-0.39, 0.29) is 17.7 Å². The fraction of sp³-hybridized carbons (Fsp3) is 0.100. The lowest BCUT2D eigenvalue weighted by Crippen LogP contribution is -2.01. The second kappa shape index (κ2) is 4.42. The van der Waals surface area contributed by atoms with Crippen LogP contribution in [-0.2, 0) is 0 Å². The van der Waals surface area contributed by atoms with Crippen LogP contribution in [0.1, 0.15) is 5.56 Å². The Labute approximate surface area is 76.1 Å². The topological polar surface area (TPSA) is 63.3 Å². The summed E-state index contributed by atoms with van der Waals surface area (Å²) < 4.78 is 0. The number of nitrogens with two attached hydrogens (primary N) is 1. The zero-order valence-electron chi connectivity index (χ0n) is 7.10. The predicted octanol–water partition coefficient (Wildman–Crippen LogP) is 0.635. The molecule has 68 valence electrons. The number of anilines is 1. The molecule has 1 aromatic rings. The summed E-state index contributed by atoms with van der Waals surface area (Å²) in [4.78, 5) is 11.0. The first-order chi connectivity index (χ1) is 6.24. The van der Waals surface area contributed by atoms with Crippen LogP contribution in [0.2, 0.25) is 0 Å². The third kappa shape index (κ3) is 2.72. The van der Waals surface area contributed by atoms with Gasteiger partial charge in [0.1, 0.15) is 0 Å². The first kappa shape index (κ1) is 9.48. The Kier molecular flexibility index (Phi) is 3.23. The first-order valence-corrected chi connectivity index (χ1v) is 3.91. The largest absolute Gasteiger partial charge is 0.396 e. The lowest BCUT2D eigenvalue weighted by atomic mass is 10.2. The number of nitrogen functional groups attached to an aromatic ring is 1. The van der Waals surface area contributed by atoms with E-state index in [0.29, 0.717) is 0 Å². The van der Waals surface area contributed by atoms with Crippen molar-refractivity contribution < 1.29 is 5.11 Å². The van der Waals surface area contributed by atoms with Crippen molar-refractivity contribution in [2.24, 2.45) is 0 Å². The van der Waals surface area contributed by atoms with E-state index in [2.05, 4.69) is 0 Å². The van der Waals surface area contributed by atoms with Crippen LogP contribution >= 0.6 is 0 Å². The number of aliphatic hydroxyl groups is 1. The maximum Gasteiger partial charge on any atom is 0.201 e. The molecule has 3 heteroatoms. The standard InChI is InChI=1S/C10H11NO2/c11-9-5-3-8(2-1-7-12)4-6-10(9)13/h1-6,12H,7H2,(H2,11,13)/b2-1+. The zero-order valence-corrected chi connectivity index (χ0v) is 7.10. The van der Waals surface area contributed by atoms with Gasteiger partial charge in [-0.2, -0.15) is 0 Å². The molecule has 0 saturated carbocycles. The van der Waals surface area contributed by atoms with E-state index in [4.69, 9.17) is 10.8 Å². The maximum atomic E-state index is 11.0. The number of hydrogen-bond donors (Lipinski definition) is 2. The van der Waals surface area contributed by atoms with Crippen LogP contribution in [0.15, 0.2) is 35.1 Å². The molecule has 13 heavy (non-hydrogen) atoms. The second-order valence-electron chi connectivity index (χ2n) is 2.57. The molecular formula is C10H11NO2. The first-order valence-electron chi connectivity index (χ1n) is 3.91. The molecule has 0 aromatic heterocycles. The summed E-state index contributed by atoms with van der Waals surface area (Å²) in [6, 6.07) is 6.35. The van der Waals surface area contributed by atoms with Crippen molar-refractivity contribution in [2.45, 2.75) is 0 Å². The van der Waals surface area contributed by atoms with Gasteiger partial charge in [-0.1, -0.05) is 24.3 Å². The lowest BCUT2D eigenvalue weighted by molar-refractivity contribution is 0.343. The summed E-state index contributed by atoms with van der Waals surface area (Å²) >= 11 is 0. The summed E-state index contributed by atoms with van der Waals surface area (Å²) in [5.74, 6) is 0. The highest BCUT2D eigenvalue weighted by molar-refractivity contribution is 5.51. The van der Waals surface area contributed by atoms with E-state index in [1.807, 2.05) is 0 Å². The molecule has 0 unspecified atom stereocenters. The van der Waals surface area contributed by atoms with Gasteiger partial charge in [-0.15, -0.1) is 0 Å². The number of aliphatic hydroxyl groups excluding tert-OH is 1. The van der Waals surface area contributed by atoms with Crippen LogP contribution in [0.5, 0.6) is 0 Å². The van der Waals surface area contributed by atoms with Crippen LogP contribution < -0.4 is 11.2 Å². The Balaban J connectivity index is 3.09. The fourth-order valence-corrected chi connectivity index (χ4v) is 0.892. The molecule has 1 rings (SSSR count). The van der Waals surface area contributed by atoms with Gasteiger partial charge in [0.15, 0.2) is 0 Å². The van der Waals surface area contributed by atoms with E-state index in [0.717, 1.165) is 5.56 Å². The van der Waals surface area contributed by atoms with E-state index in [1.165, 1.54) is 6.07 Å². The van der Waals surface area contributed by atoms with Gasteiger partial charge in [0.25, 0.3) is 0 Å². The van der Waals surface area contributed by atoms with Crippen LogP contribution in [0.4, 0.5) is 5.69 Å². The Morgan fingerprint density at radius 2 is 2.00 bits per heavy atom. The van der Waals surface area contributed by atoms with Crippen molar-refractivity contribution in [1.82, 2.24) is 0 Å². The molecule has 0 aliphatic heterocycles. The van der Waals surface area contributed by atoms with Crippen molar-refractivity contribution >= 4 is 11.8 Å². The van der Waals surface area contributed by atoms with Crippen molar-refractivity contribution in [1.29, 1.82) is 0 Å². The van der Waals surface area contributed by atoms with E-state index >= 15 is 0 Å². The van der Waals surface area contributed by atoms with Gasteiger partial charge in [0.2, 0.25) is 5.43 Å². The summed E-state index contributed by atoms with van der Waals surface area (Å²) in [7, 11) is 0. The fourth-order valence-electron chi connectivity index (χ4n) is 0.892. The van der Waals surface area contributed by atoms with Gasteiger partial charge in [-0.3, -0.25) is 4.79 Å². The Bertz CT molecular complexity index is 372. The van der Waals surface area contributed by atoms with Crippen molar-refractivity contribution in [2.75, 3.05) is 12.3 Å². The zero-order chi connectivity index (χ0) is 9.68. The minimum atomic E-state index is -0.191. The monoisotopic (exact) mass is 177 g/mol. The number of rotatable bonds is 2. The van der Waals surface area contributed by atoms with Crippen molar-refractivity contribution in [3.8, 4) is 0 Å².